The van der Waals surface area contributed by atoms with E-state index in [0.29, 0.717) is 0 Å². The third-order valence-electron chi connectivity index (χ3n) is 3.29. The molecule has 1 heterocycles. The smallest absolute Gasteiger partial charge is 0.323 e. The highest BCUT2D eigenvalue weighted by atomic mass is 16.6. The zero-order valence-electron chi connectivity index (χ0n) is 9.02. The summed E-state index contributed by atoms with van der Waals surface area (Å²) in [7, 11) is 2.41. The number of carbonyl (C=O) groups excluding carboxylic acids is 3. The molecule has 0 aromatic heterocycles. The standard InChI is InChI=1S/C10H12O6/c1-14-8(12)10(9(13)15-2)3-5-6(4-10)16-7(5)11/h5-6H,3-4H2,1-2H3/t5?,6-/m1/s1. The normalized spacial score (nSPS) is 29.8. The van der Waals surface area contributed by atoms with Gasteiger partial charge in [-0.3, -0.25) is 14.4 Å². The molecule has 1 aliphatic carbocycles. The zero-order chi connectivity index (χ0) is 11.9. The quantitative estimate of drug-likeness (QED) is 0.365. The number of esters is 3. The van der Waals surface area contributed by atoms with Crippen LogP contribution in [-0.4, -0.2) is 38.2 Å². The first-order chi connectivity index (χ1) is 7.55. The third kappa shape index (κ3) is 1.22. The Bertz CT molecular complexity index is 344. The van der Waals surface area contributed by atoms with Crippen LogP contribution in [0, 0.1) is 11.3 Å². The molecule has 1 unspecified atom stereocenters. The Labute approximate surface area is 91.8 Å². The van der Waals surface area contributed by atoms with Gasteiger partial charge in [-0.2, -0.15) is 0 Å². The van der Waals surface area contributed by atoms with Crippen molar-refractivity contribution in [1.82, 2.24) is 0 Å². The minimum atomic E-state index is -1.37. The molecule has 6 heteroatoms. The van der Waals surface area contributed by atoms with E-state index >= 15 is 0 Å². The van der Waals surface area contributed by atoms with Crippen LogP contribution in [-0.2, 0) is 28.6 Å². The molecule has 2 aliphatic rings. The van der Waals surface area contributed by atoms with Crippen LogP contribution >= 0.6 is 0 Å². The van der Waals surface area contributed by atoms with Gasteiger partial charge in [0.15, 0.2) is 5.41 Å². The molecule has 0 spiro atoms. The van der Waals surface area contributed by atoms with Crippen molar-refractivity contribution >= 4 is 17.9 Å². The van der Waals surface area contributed by atoms with Gasteiger partial charge in [-0.25, -0.2) is 0 Å². The van der Waals surface area contributed by atoms with Crippen molar-refractivity contribution in [3.05, 3.63) is 0 Å². The van der Waals surface area contributed by atoms with Crippen molar-refractivity contribution in [1.29, 1.82) is 0 Å². The highest BCUT2D eigenvalue weighted by molar-refractivity contribution is 6.02. The summed E-state index contributed by atoms with van der Waals surface area (Å²) in [5, 5.41) is 0. The Balaban J connectivity index is 2.27. The number of fused-ring (bicyclic) bond motifs is 1. The van der Waals surface area contributed by atoms with Gasteiger partial charge in [0.2, 0.25) is 0 Å². The van der Waals surface area contributed by atoms with Crippen LogP contribution in [0.4, 0.5) is 0 Å². The van der Waals surface area contributed by atoms with E-state index in [9.17, 15) is 14.4 Å². The van der Waals surface area contributed by atoms with Crippen molar-refractivity contribution in [3.63, 3.8) is 0 Å². The Kier molecular flexibility index (Phi) is 2.36. The summed E-state index contributed by atoms with van der Waals surface area (Å²) in [6, 6.07) is 0. The predicted octanol–water partition coefficient (Wildman–Crippen LogP) is -0.346. The van der Waals surface area contributed by atoms with E-state index in [1.807, 2.05) is 0 Å². The lowest BCUT2D eigenvalue weighted by molar-refractivity contribution is -0.180. The zero-order valence-corrected chi connectivity index (χ0v) is 9.02. The molecule has 0 radical (unpaired) electrons. The van der Waals surface area contributed by atoms with E-state index < -0.39 is 17.4 Å². The molecule has 0 amide bonds. The highest BCUT2D eigenvalue weighted by Crippen LogP contribution is 2.50. The van der Waals surface area contributed by atoms with Crippen molar-refractivity contribution in [3.8, 4) is 0 Å². The molecule has 0 bridgehead atoms. The molecule has 2 fully saturated rings. The maximum Gasteiger partial charge on any atom is 0.323 e. The molecule has 1 aliphatic heterocycles. The topological polar surface area (TPSA) is 78.9 Å². The van der Waals surface area contributed by atoms with Gasteiger partial charge in [-0.1, -0.05) is 0 Å². The molecule has 1 saturated carbocycles. The fourth-order valence-electron chi connectivity index (χ4n) is 2.41. The van der Waals surface area contributed by atoms with Crippen molar-refractivity contribution in [2.24, 2.45) is 11.3 Å². The predicted molar refractivity (Wildman–Crippen MR) is 49.1 cm³/mol. The largest absolute Gasteiger partial charge is 0.468 e. The number of hydrogen-bond donors (Lipinski definition) is 0. The van der Waals surface area contributed by atoms with Gasteiger partial charge >= 0.3 is 17.9 Å². The van der Waals surface area contributed by atoms with Crippen LogP contribution in [0.3, 0.4) is 0 Å². The number of rotatable bonds is 2. The van der Waals surface area contributed by atoms with Crippen LogP contribution in [0.15, 0.2) is 0 Å². The van der Waals surface area contributed by atoms with E-state index in [4.69, 9.17) is 4.74 Å². The first kappa shape index (κ1) is 10.9. The van der Waals surface area contributed by atoms with Gasteiger partial charge in [0, 0.05) is 6.42 Å². The molecule has 0 aromatic carbocycles. The molecule has 0 aromatic rings. The molecule has 2 rings (SSSR count). The summed E-state index contributed by atoms with van der Waals surface area (Å²) in [5.74, 6) is -2.06. The molecule has 1 saturated heterocycles. The number of hydrogen-bond acceptors (Lipinski definition) is 6. The minimum Gasteiger partial charge on any atom is -0.468 e. The van der Waals surface area contributed by atoms with Gasteiger partial charge in [0.1, 0.15) is 6.10 Å². The lowest BCUT2D eigenvalue weighted by atomic mass is 9.85. The van der Waals surface area contributed by atoms with Crippen molar-refractivity contribution < 1.29 is 28.6 Å². The summed E-state index contributed by atoms with van der Waals surface area (Å²) < 4.78 is 14.1. The van der Waals surface area contributed by atoms with E-state index in [2.05, 4.69) is 9.47 Å². The van der Waals surface area contributed by atoms with E-state index in [1.54, 1.807) is 0 Å². The Hall–Kier alpha value is -1.59. The maximum absolute atomic E-state index is 11.7. The first-order valence-corrected chi connectivity index (χ1v) is 4.92. The van der Waals surface area contributed by atoms with Crippen molar-refractivity contribution in [2.45, 2.75) is 18.9 Å². The lowest BCUT2D eigenvalue weighted by Gasteiger charge is -2.28. The molecule has 0 N–H and O–H groups in total. The highest BCUT2D eigenvalue weighted by Gasteiger charge is 2.64. The summed E-state index contributed by atoms with van der Waals surface area (Å²) in [4.78, 5) is 34.4. The average Bonchev–Trinajstić information content (AvgIpc) is 2.61. The number of carbonyl (C=O) groups is 3. The number of ether oxygens (including phenoxy) is 3. The summed E-state index contributed by atoms with van der Waals surface area (Å²) >= 11 is 0. The second-order valence-corrected chi connectivity index (χ2v) is 4.06. The fraction of sp³-hybridized carbons (Fsp3) is 0.700. The molecular weight excluding hydrogens is 216 g/mol. The summed E-state index contributed by atoms with van der Waals surface area (Å²) in [5.41, 5.74) is -1.37. The minimum absolute atomic E-state index is 0.121. The monoisotopic (exact) mass is 228 g/mol. The molecule has 88 valence electrons. The lowest BCUT2D eigenvalue weighted by Crippen LogP contribution is -2.40. The Morgan fingerprint density at radius 2 is 1.81 bits per heavy atom. The van der Waals surface area contributed by atoms with Crippen molar-refractivity contribution in [2.75, 3.05) is 14.2 Å². The third-order valence-corrected chi connectivity index (χ3v) is 3.29. The van der Waals surface area contributed by atoms with Crippen LogP contribution in [0.5, 0.6) is 0 Å². The van der Waals surface area contributed by atoms with Gasteiger partial charge in [-0.05, 0) is 6.42 Å². The Morgan fingerprint density at radius 3 is 2.19 bits per heavy atom. The Morgan fingerprint density at radius 1 is 1.25 bits per heavy atom. The SMILES string of the molecule is COC(=O)C1(C(=O)OC)CC2C(=O)O[C@@H]2C1. The first-order valence-electron chi connectivity index (χ1n) is 4.92. The van der Waals surface area contributed by atoms with E-state index in [1.165, 1.54) is 14.2 Å². The van der Waals surface area contributed by atoms with Crippen LogP contribution in [0.25, 0.3) is 0 Å². The van der Waals surface area contributed by atoms with Gasteiger partial charge in [0.25, 0.3) is 0 Å². The average molecular weight is 228 g/mol. The molecule has 16 heavy (non-hydrogen) atoms. The second-order valence-electron chi connectivity index (χ2n) is 4.06. The van der Waals surface area contributed by atoms with Crippen LogP contribution in [0.1, 0.15) is 12.8 Å². The molecule has 6 nitrogen and oxygen atoms in total. The van der Waals surface area contributed by atoms with Gasteiger partial charge < -0.3 is 14.2 Å². The summed E-state index contributed by atoms with van der Waals surface area (Å²) in [6.07, 6.45) is -0.0794. The van der Waals surface area contributed by atoms with E-state index in [-0.39, 0.29) is 30.8 Å². The van der Waals surface area contributed by atoms with Gasteiger partial charge in [-0.15, -0.1) is 0 Å². The molecule has 2 atom stereocenters. The van der Waals surface area contributed by atoms with Gasteiger partial charge in [0.05, 0.1) is 20.1 Å². The van der Waals surface area contributed by atoms with Crippen LogP contribution < -0.4 is 0 Å². The maximum atomic E-state index is 11.7. The second kappa shape index (κ2) is 3.47. The fourth-order valence-corrected chi connectivity index (χ4v) is 2.41. The summed E-state index contributed by atoms with van der Waals surface area (Å²) in [6.45, 7) is 0. The van der Waals surface area contributed by atoms with Crippen LogP contribution in [0.2, 0.25) is 0 Å². The number of methoxy groups -OCH3 is 2. The molecular formula is C10H12O6. The van der Waals surface area contributed by atoms with E-state index in [0.717, 1.165) is 0 Å².